The zero-order valence-corrected chi connectivity index (χ0v) is 19.2. The zero-order chi connectivity index (χ0) is 23.0. The van der Waals surface area contributed by atoms with E-state index in [1.165, 1.54) is 0 Å². The maximum Gasteiger partial charge on any atom is 0.313 e. The Bertz CT molecular complexity index is 1020. The molecule has 34 heavy (non-hydrogen) atoms. The van der Waals surface area contributed by atoms with E-state index in [0.717, 1.165) is 12.8 Å². The van der Waals surface area contributed by atoms with E-state index < -0.39 is 34.5 Å². The van der Waals surface area contributed by atoms with Crippen LogP contribution < -0.4 is 0 Å². The molecular formula is C26H28O8. The van der Waals surface area contributed by atoms with Gasteiger partial charge in [-0.2, -0.15) is 0 Å². The van der Waals surface area contributed by atoms with Gasteiger partial charge in [0.25, 0.3) is 0 Å². The molecule has 4 bridgehead atoms. The van der Waals surface area contributed by atoms with Crippen molar-refractivity contribution < 1.29 is 38.1 Å². The van der Waals surface area contributed by atoms with E-state index in [9.17, 15) is 19.2 Å². The van der Waals surface area contributed by atoms with Gasteiger partial charge in [-0.15, -0.1) is 0 Å². The number of ether oxygens (including phenoxy) is 4. The topological polar surface area (TPSA) is 112 Å². The van der Waals surface area contributed by atoms with E-state index in [4.69, 9.17) is 18.9 Å². The Morgan fingerprint density at radius 3 is 1.56 bits per heavy atom. The lowest BCUT2D eigenvalue weighted by molar-refractivity contribution is -0.189. The second kappa shape index (κ2) is 5.46. The van der Waals surface area contributed by atoms with Gasteiger partial charge in [0.15, 0.2) is 0 Å². The van der Waals surface area contributed by atoms with Crippen molar-refractivity contribution in [2.24, 2.45) is 70.0 Å². The molecule has 8 heteroatoms. The van der Waals surface area contributed by atoms with Gasteiger partial charge in [-0.3, -0.25) is 19.2 Å². The third kappa shape index (κ3) is 1.57. The van der Waals surface area contributed by atoms with E-state index in [1.54, 1.807) is 13.8 Å². The van der Waals surface area contributed by atoms with Crippen molar-refractivity contribution in [1.82, 2.24) is 0 Å². The Morgan fingerprint density at radius 2 is 1.18 bits per heavy atom. The molecule has 0 aromatic heterocycles. The van der Waals surface area contributed by atoms with Crippen molar-refractivity contribution in [2.45, 2.75) is 51.1 Å². The number of carbonyl (C=O) groups excluding carboxylic acids is 4. The standard InChI is InChI=1S/C26H28O8/c1-3-31-23(29)25-9-5-7(19-21(9)33-19)13(25)17(27)11-15(25)12-16(11)26(24(30)32-4-2)10-6-8(14(26)18(12)28)20-22(10)34-20/h7-16,19-22H,3-6H2,1-2H3/t7-,8+,9-,10+,11?,12?,13+,14-,15?,16?,19-,20+,21+,22-,25-,26+. The Balaban J connectivity index is 1.22. The van der Waals surface area contributed by atoms with Crippen molar-refractivity contribution in [3.8, 4) is 0 Å². The molecule has 9 fully saturated rings. The molecule has 0 radical (unpaired) electrons. The van der Waals surface area contributed by atoms with Gasteiger partial charge >= 0.3 is 11.9 Å². The number of carbonyl (C=O) groups is 4. The van der Waals surface area contributed by atoms with E-state index >= 15 is 0 Å². The SMILES string of the molecule is CCOC(=O)[C@@]12C3C(C(=O)[C@@H]1[C@H]1C[C@@H]2[C@@H]2O[C@H]12)C1C3C(=O)[C@H]2[C@@H]3C[C@@H]([C@H]4O[C@@H]34)[C@@]12C(=O)OCC. The summed E-state index contributed by atoms with van der Waals surface area (Å²) in [5.74, 6) is -3.07. The molecule has 4 unspecified atom stereocenters. The molecule has 2 aliphatic heterocycles. The summed E-state index contributed by atoms with van der Waals surface area (Å²) in [6.07, 6.45) is 1.73. The van der Waals surface area contributed by atoms with E-state index in [-0.39, 0.29) is 96.6 Å². The van der Waals surface area contributed by atoms with Gasteiger partial charge in [0, 0.05) is 35.5 Å². The van der Waals surface area contributed by atoms with Crippen LogP contribution in [0, 0.1) is 70.0 Å². The van der Waals surface area contributed by atoms with Crippen molar-refractivity contribution >= 4 is 23.5 Å². The summed E-state index contributed by atoms with van der Waals surface area (Å²) in [6.45, 7) is 4.06. The molecule has 2 heterocycles. The molecule has 9 aliphatic rings. The quantitative estimate of drug-likeness (QED) is 0.440. The molecule has 7 aliphatic carbocycles. The summed E-state index contributed by atoms with van der Waals surface area (Å²) in [7, 11) is 0. The first-order valence-electron chi connectivity index (χ1n) is 13.2. The molecular weight excluding hydrogens is 440 g/mol. The lowest BCUT2D eigenvalue weighted by atomic mass is 9.45. The van der Waals surface area contributed by atoms with Crippen LogP contribution >= 0.6 is 0 Å². The van der Waals surface area contributed by atoms with Gasteiger partial charge in [-0.25, -0.2) is 0 Å². The first-order chi connectivity index (χ1) is 16.4. The Morgan fingerprint density at radius 1 is 0.765 bits per heavy atom. The lowest BCUT2D eigenvalue weighted by Crippen LogP contribution is -2.62. The minimum atomic E-state index is -0.968. The highest BCUT2D eigenvalue weighted by Gasteiger charge is 2.94. The van der Waals surface area contributed by atoms with Crippen molar-refractivity contribution in [3.05, 3.63) is 0 Å². The minimum absolute atomic E-state index is 0.00324. The minimum Gasteiger partial charge on any atom is -0.466 e. The van der Waals surface area contributed by atoms with Gasteiger partial charge in [0.05, 0.1) is 48.5 Å². The monoisotopic (exact) mass is 468 g/mol. The van der Waals surface area contributed by atoms with Crippen LogP contribution in [0.2, 0.25) is 0 Å². The number of epoxide rings is 2. The molecule has 180 valence electrons. The van der Waals surface area contributed by atoms with Gasteiger partial charge in [0.2, 0.25) is 0 Å². The predicted octanol–water partition coefficient (Wildman–Crippen LogP) is 0.796. The van der Waals surface area contributed by atoms with Crippen molar-refractivity contribution in [2.75, 3.05) is 13.2 Å². The predicted molar refractivity (Wildman–Crippen MR) is 110 cm³/mol. The summed E-state index contributed by atoms with van der Waals surface area (Å²) in [5, 5.41) is 0. The molecule has 0 spiro atoms. The molecule has 0 aromatic carbocycles. The summed E-state index contributed by atoms with van der Waals surface area (Å²) in [6, 6.07) is 0. The molecule has 0 N–H and O–H groups in total. The van der Waals surface area contributed by atoms with Crippen LogP contribution in [-0.2, 0) is 38.1 Å². The van der Waals surface area contributed by atoms with Gasteiger partial charge in [0.1, 0.15) is 11.6 Å². The highest BCUT2D eigenvalue weighted by molar-refractivity contribution is 6.06. The van der Waals surface area contributed by atoms with Crippen molar-refractivity contribution in [1.29, 1.82) is 0 Å². The van der Waals surface area contributed by atoms with Crippen LogP contribution in [0.15, 0.2) is 0 Å². The maximum absolute atomic E-state index is 14.2. The number of esters is 2. The third-order valence-electron chi connectivity index (χ3n) is 12.1. The zero-order valence-electron chi connectivity index (χ0n) is 19.2. The molecule has 2 saturated heterocycles. The van der Waals surface area contributed by atoms with E-state index in [1.807, 2.05) is 0 Å². The number of ketones is 2. The summed E-state index contributed by atoms with van der Waals surface area (Å²) in [5.41, 5.74) is -1.94. The van der Waals surface area contributed by atoms with Gasteiger partial charge in [-0.1, -0.05) is 0 Å². The average molecular weight is 469 g/mol. The molecule has 8 nitrogen and oxygen atoms in total. The molecule has 0 amide bonds. The Kier molecular flexibility index (Phi) is 3.11. The number of Topliss-reactive ketones (excluding diaryl/α,β-unsaturated/α-hetero) is 2. The third-order valence-corrected chi connectivity index (χ3v) is 12.1. The molecule has 7 saturated carbocycles. The Labute approximate surface area is 196 Å². The van der Waals surface area contributed by atoms with E-state index in [0.29, 0.717) is 0 Å². The van der Waals surface area contributed by atoms with Crippen LogP contribution in [0.5, 0.6) is 0 Å². The highest BCUT2D eigenvalue weighted by Crippen LogP contribution is 2.86. The summed E-state index contributed by atoms with van der Waals surface area (Å²) in [4.78, 5) is 55.9. The first kappa shape index (κ1) is 19.4. The molecule has 16 atom stereocenters. The maximum atomic E-state index is 14.2. The van der Waals surface area contributed by atoms with Crippen LogP contribution in [0.4, 0.5) is 0 Å². The normalized spacial score (nSPS) is 63.4. The fourth-order valence-corrected chi connectivity index (χ4v) is 11.7. The van der Waals surface area contributed by atoms with Crippen molar-refractivity contribution in [3.63, 3.8) is 0 Å². The van der Waals surface area contributed by atoms with Gasteiger partial charge < -0.3 is 18.9 Å². The number of hydrogen-bond donors (Lipinski definition) is 0. The second-order valence-electron chi connectivity index (χ2n) is 12.3. The summed E-state index contributed by atoms with van der Waals surface area (Å²) < 4.78 is 23.1. The van der Waals surface area contributed by atoms with Crippen LogP contribution in [-0.4, -0.2) is 61.1 Å². The van der Waals surface area contributed by atoms with Crippen LogP contribution in [0.3, 0.4) is 0 Å². The van der Waals surface area contributed by atoms with E-state index in [2.05, 4.69) is 0 Å². The average Bonchev–Trinajstić information content (AvgIpc) is 3.57. The van der Waals surface area contributed by atoms with Crippen LogP contribution in [0.25, 0.3) is 0 Å². The first-order valence-corrected chi connectivity index (χ1v) is 13.2. The van der Waals surface area contributed by atoms with Gasteiger partial charge in [-0.05, 0) is 50.4 Å². The Hall–Kier alpha value is -1.80. The molecule has 9 rings (SSSR count). The lowest BCUT2D eigenvalue weighted by Gasteiger charge is -2.55. The number of rotatable bonds is 4. The second-order valence-corrected chi connectivity index (χ2v) is 12.3. The number of hydrogen-bond acceptors (Lipinski definition) is 8. The number of fused-ring (bicyclic) bond motifs is 22. The smallest absolute Gasteiger partial charge is 0.313 e. The largest absolute Gasteiger partial charge is 0.466 e. The van der Waals surface area contributed by atoms with Crippen LogP contribution in [0.1, 0.15) is 26.7 Å². The fraction of sp³-hybridized carbons (Fsp3) is 0.846. The summed E-state index contributed by atoms with van der Waals surface area (Å²) >= 11 is 0. The fourth-order valence-electron chi connectivity index (χ4n) is 11.7. The highest BCUT2D eigenvalue weighted by atomic mass is 16.6. The molecule has 0 aromatic rings.